The van der Waals surface area contributed by atoms with Crippen LogP contribution in [0.15, 0.2) is 40.8 Å². The van der Waals surface area contributed by atoms with E-state index in [0.29, 0.717) is 34.0 Å². The fraction of sp³-hybridized carbons (Fsp3) is 0.222. The molecule has 1 aromatic heterocycles. The van der Waals surface area contributed by atoms with Gasteiger partial charge in [0.05, 0.1) is 20.8 Å². The second-order valence-corrected chi connectivity index (χ2v) is 5.03. The highest BCUT2D eigenvalue weighted by molar-refractivity contribution is 5.88. The monoisotopic (exact) mass is 332 g/mol. The molecule has 0 amide bonds. The lowest BCUT2D eigenvalue weighted by Crippen LogP contribution is -1.98. The van der Waals surface area contributed by atoms with Gasteiger partial charge in [-0.1, -0.05) is 18.2 Å². The molecule has 0 atom stereocenters. The normalized spacial score (nSPS) is 10.8. The molecule has 2 aromatic carbocycles. The maximum absolute atomic E-state index is 12.6. The molecule has 0 aliphatic heterocycles. The number of methoxy groups -OCH3 is 2. The van der Waals surface area contributed by atoms with Gasteiger partial charge < -0.3 is 23.7 Å². The van der Waals surface area contributed by atoms with E-state index in [4.69, 9.17) is 18.6 Å². The van der Waals surface area contributed by atoms with Crippen LogP contribution in [0.5, 0.6) is 17.2 Å². The summed E-state index contributed by atoms with van der Waals surface area (Å²) in [5, 5.41) is 10.6. The number of alkyl halides is 1. The summed E-state index contributed by atoms with van der Waals surface area (Å²) in [4.78, 5) is 0. The largest absolute Gasteiger partial charge is 0.493 e. The Hall–Kier alpha value is -2.73. The van der Waals surface area contributed by atoms with Crippen molar-refractivity contribution in [3.8, 4) is 28.6 Å². The average molecular weight is 332 g/mol. The van der Waals surface area contributed by atoms with Crippen LogP contribution in [-0.2, 0) is 6.61 Å². The standard InChI is InChI=1S/C18H17FO5/c1-21-15-7-11(8-16(22-2)18(15)23-10-19)17-13(9-20)12-5-3-4-6-14(12)24-17/h3-8,20H,9-10H2,1-2H3. The van der Waals surface area contributed by atoms with Crippen molar-refractivity contribution in [1.29, 1.82) is 0 Å². The number of rotatable bonds is 6. The summed E-state index contributed by atoms with van der Waals surface area (Å²) >= 11 is 0. The lowest BCUT2D eigenvalue weighted by molar-refractivity contribution is 0.177. The van der Waals surface area contributed by atoms with Crippen molar-refractivity contribution in [1.82, 2.24) is 0 Å². The zero-order valence-electron chi connectivity index (χ0n) is 13.3. The number of fused-ring (bicyclic) bond motifs is 1. The fourth-order valence-electron chi connectivity index (χ4n) is 2.70. The second kappa shape index (κ2) is 6.80. The molecule has 0 radical (unpaired) electrons. The molecule has 0 unspecified atom stereocenters. The van der Waals surface area contributed by atoms with Crippen LogP contribution in [0.25, 0.3) is 22.3 Å². The molecule has 0 saturated heterocycles. The van der Waals surface area contributed by atoms with Crippen LogP contribution in [0.2, 0.25) is 0 Å². The number of hydrogen-bond acceptors (Lipinski definition) is 5. The van der Waals surface area contributed by atoms with Gasteiger partial charge in [-0.3, -0.25) is 0 Å². The number of aliphatic hydroxyl groups is 1. The molecule has 3 aromatic rings. The van der Waals surface area contributed by atoms with Gasteiger partial charge in [0.15, 0.2) is 11.5 Å². The second-order valence-electron chi connectivity index (χ2n) is 5.03. The van der Waals surface area contributed by atoms with Crippen LogP contribution in [-0.4, -0.2) is 26.2 Å². The predicted octanol–water partition coefficient (Wildman–Crippen LogP) is 3.92. The highest BCUT2D eigenvalue weighted by Gasteiger charge is 2.20. The first-order valence-electron chi connectivity index (χ1n) is 7.29. The summed E-state index contributed by atoms with van der Waals surface area (Å²) in [5.74, 6) is 1.30. The molecule has 126 valence electrons. The minimum Gasteiger partial charge on any atom is -0.493 e. The molecule has 0 fully saturated rings. The number of ether oxygens (including phenoxy) is 3. The highest BCUT2D eigenvalue weighted by Crippen LogP contribution is 2.43. The van der Waals surface area contributed by atoms with E-state index in [1.54, 1.807) is 12.1 Å². The Kier molecular flexibility index (Phi) is 4.57. The van der Waals surface area contributed by atoms with E-state index < -0.39 is 6.86 Å². The maximum Gasteiger partial charge on any atom is 0.229 e. The van der Waals surface area contributed by atoms with Crippen LogP contribution in [0.1, 0.15) is 5.56 Å². The van der Waals surface area contributed by atoms with Crippen molar-refractivity contribution in [3.05, 3.63) is 42.0 Å². The zero-order valence-corrected chi connectivity index (χ0v) is 13.3. The lowest BCUT2D eigenvalue weighted by Gasteiger charge is -2.14. The summed E-state index contributed by atoms with van der Waals surface area (Å²) < 4.78 is 34.0. The Balaban J connectivity index is 2.23. The van der Waals surface area contributed by atoms with Crippen molar-refractivity contribution < 1.29 is 28.1 Å². The molecule has 6 heteroatoms. The van der Waals surface area contributed by atoms with Crippen LogP contribution >= 0.6 is 0 Å². The van der Waals surface area contributed by atoms with Crippen LogP contribution in [0, 0.1) is 0 Å². The average Bonchev–Trinajstić information content (AvgIpc) is 3.00. The van der Waals surface area contributed by atoms with Crippen molar-refractivity contribution >= 4 is 11.0 Å². The van der Waals surface area contributed by atoms with E-state index in [9.17, 15) is 9.50 Å². The van der Waals surface area contributed by atoms with Crippen molar-refractivity contribution in [2.24, 2.45) is 0 Å². The Labute approximate surface area is 138 Å². The van der Waals surface area contributed by atoms with Gasteiger partial charge in [-0.05, 0) is 18.2 Å². The fourth-order valence-corrected chi connectivity index (χ4v) is 2.70. The number of benzene rings is 2. The first-order valence-corrected chi connectivity index (χ1v) is 7.29. The zero-order chi connectivity index (χ0) is 17.1. The first kappa shape index (κ1) is 16.1. The number of aliphatic hydroxyl groups excluding tert-OH is 1. The number of halogens is 1. The molecule has 24 heavy (non-hydrogen) atoms. The van der Waals surface area contributed by atoms with E-state index in [0.717, 1.165) is 5.39 Å². The van der Waals surface area contributed by atoms with E-state index in [2.05, 4.69) is 0 Å². The molecule has 3 rings (SSSR count). The van der Waals surface area contributed by atoms with Crippen LogP contribution in [0.4, 0.5) is 4.39 Å². The van der Waals surface area contributed by atoms with Gasteiger partial charge in [0, 0.05) is 16.5 Å². The molecule has 0 aliphatic carbocycles. The van der Waals surface area contributed by atoms with Gasteiger partial charge in [0.1, 0.15) is 11.3 Å². The molecule has 0 aliphatic rings. The molecule has 1 heterocycles. The van der Waals surface area contributed by atoms with Gasteiger partial charge in [0.2, 0.25) is 12.6 Å². The van der Waals surface area contributed by atoms with Gasteiger partial charge in [-0.15, -0.1) is 0 Å². The van der Waals surface area contributed by atoms with Crippen LogP contribution < -0.4 is 14.2 Å². The van der Waals surface area contributed by atoms with Crippen molar-refractivity contribution in [2.45, 2.75) is 6.61 Å². The summed E-state index contributed by atoms with van der Waals surface area (Å²) in [6.07, 6.45) is 0. The molecule has 0 spiro atoms. The number of para-hydroxylation sites is 1. The SMILES string of the molecule is COc1cc(-c2oc3ccccc3c2CO)cc(OC)c1OCF. The predicted molar refractivity (Wildman–Crippen MR) is 87.3 cm³/mol. The quantitative estimate of drug-likeness (QED) is 0.741. The molecule has 0 saturated carbocycles. The van der Waals surface area contributed by atoms with E-state index in [1.807, 2.05) is 24.3 Å². The third-order valence-electron chi connectivity index (χ3n) is 3.78. The minimum absolute atomic E-state index is 0.174. The Morgan fingerprint density at radius 2 is 1.75 bits per heavy atom. The van der Waals surface area contributed by atoms with Gasteiger partial charge in [-0.2, -0.15) is 0 Å². The molecular weight excluding hydrogens is 315 g/mol. The molecule has 0 bridgehead atoms. The first-order chi connectivity index (χ1) is 11.7. The third kappa shape index (κ3) is 2.65. The van der Waals surface area contributed by atoms with E-state index >= 15 is 0 Å². The maximum atomic E-state index is 12.6. The molecule has 5 nitrogen and oxygen atoms in total. The molecule has 1 N–H and O–H groups in total. The minimum atomic E-state index is -1.00. The van der Waals surface area contributed by atoms with Gasteiger partial charge in [-0.25, -0.2) is 4.39 Å². The smallest absolute Gasteiger partial charge is 0.229 e. The van der Waals surface area contributed by atoms with Gasteiger partial charge in [0.25, 0.3) is 0 Å². The summed E-state index contributed by atoms with van der Waals surface area (Å²) in [6.45, 7) is -1.18. The molecular formula is C18H17FO5. The van der Waals surface area contributed by atoms with E-state index in [1.165, 1.54) is 14.2 Å². The van der Waals surface area contributed by atoms with Crippen molar-refractivity contribution in [2.75, 3.05) is 21.1 Å². The summed E-state index contributed by atoms with van der Waals surface area (Å²) in [5.41, 5.74) is 1.96. The Bertz CT molecular complexity index is 831. The topological polar surface area (TPSA) is 61.1 Å². The van der Waals surface area contributed by atoms with Crippen LogP contribution in [0.3, 0.4) is 0 Å². The lowest BCUT2D eigenvalue weighted by atomic mass is 10.0. The van der Waals surface area contributed by atoms with Gasteiger partial charge >= 0.3 is 0 Å². The number of furan rings is 1. The third-order valence-corrected chi connectivity index (χ3v) is 3.78. The highest BCUT2D eigenvalue weighted by atomic mass is 19.1. The summed E-state index contributed by atoms with van der Waals surface area (Å²) in [6, 6.07) is 10.8. The Morgan fingerprint density at radius 1 is 1.08 bits per heavy atom. The van der Waals surface area contributed by atoms with Crippen molar-refractivity contribution in [3.63, 3.8) is 0 Å². The Morgan fingerprint density at radius 3 is 2.33 bits per heavy atom. The number of hydrogen-bond donors (Lipinski definition) is 1. The van der Waals surface area contributed by atoms with E-state index in [-0.39, 0.29) is 12.4 Å². The summed E-state index contributed by atoms with van der Waals surface area (Å²) in [7, 11) is 2.91.